The van der Waals surface area contributed by atoms with E-state index in [4.69, 9.17) is 4.74 Å². The third kappa shape index (κ3) is 0.428. The van der Waals surface area contributed by atoms with Crippen molar-refractivity contribution in [1.29, 1.82) is 0 Å². The molecule has 1 aliphatic rings. The van der Waals surface area contributed by atoms with Gasteiger partial charge >= 0.3 is 0 Å². The highest BCUT2D eigenvalue weighted by Crippen LogP contribution is 2.18. The highest BCUT2D eigenvalue weighted by molar-refractivity contribution is 4.73. The Bertz CT molecular complexity index is 36.9. The number of ether oxygens (including phenoxy) is 1. The lowest BCUT2D eigenvalue weighted by Crippen LogP contribution is -1.74. The molecule has 0 spiro atoms. The lowest BCUT2D eigenvalue weighted by atomic mass is 10.4. The van der Waals surface area contributed by atoms with Crippen LogP contribution < -0.4 is 0 Å². The first-order chi connectivity index (χ1) is 2.30. The van der Waals surface area contributed by atoms with Crippen molar-refractivity contribution in [3.05, 3.63) is 0 Å². The molecule has 0 amide bonds. The standard InChI is InChI=1S/C4H8O/c1-3-4(2)5-3/h3-4H,1-2H3/t3-,4-/m0/s1. The highest BCUT2D eigenvalue weighted by Gasteiger charge is 2.27. The van der Waals surface area contributed by atoms with Crippen LogP contribution in [0.1, 0.15) is 13.8 Å². The maximum atomic E-state index is 4.92. The Kier molecular flexibility index (Phi) is 0.453. The Morgan fingerprint density at radius 2 is 1.40 bits per heavy atom. The summed E-state index contributed by atoms with van der Waals surface area (Å²) in [6, 6.07) is 0. The first-order valence-corrected chi connectivity index (χ1v) is 1.96. The van der Waals surface area contributed by atoms with Gasteiger partial charge in [0.2, 0.25) is 0 Å². The molecular formula is C4H8O. The van der Waals surface area contributed by atoms with Crippen molar-refractivity contribution in [2.45, 2.75) is 26.1 Å². The predicted molar refractivity (Wildman–Crippen MR) is 20.0 cm³/mol. The van der Waals surface area contributed by atoms with Gasteiger partial charge in [0, 0.05) is 0 Å². The quantitative estimate of drug-likeness (QED) is 0.385. The summed E-state index contributed by atoms with van der Waals surface area (Å²) in [7, 11) is 0. The minimum absolute atomic E-state index is 0.551. The zero-order valence-electron chi connectivity index (χ0n) is 3.56. The van der Waals surface area contributed by atoms with Crippen LogP contribution in [0, 0.1) is 0 Å². The van der Waals surface area contributed by atoms with E-state index in [2.05, 4.69) is 13.8 Å². The summed E-state index contributed by atoms with van der Waals surface area (Å²) >= 11 is 0. The van der Waals surface area contributed by atoms with Crippen LogP contribution in [-0.2, 0) is 4.74 Å². The highest BCUT2D eigenvalue weighted by atomic mass is 16.6. The molecule has 1 nitrogen and oxygen atoms in total. The van der Waals surface area contributed by atoms with Gasteiger partial charge in [-0.15, -0.1) is 0 Å². The maximum Gasteiger partial charge on any atom is 0.0811 e. The van der Waals surface area contributed by atoms with Crippen LogP contribution in [0.4, 0.5) is 0 Å². The molecule has 1 saturated heterocycles. The largest absolute Gasteiger partial charge is 0.370 e. The molecule has 0 N–H and O–H groups in total. The van der Waals surface area contributed by atoms with E-state index >= 15 is 0 Å². The smallest absolute Gasteiger partial charge is 0.0811 e. The lowest BCUT2D eigenvalue weighted by Gasteiger charge is -1.57. The summed E-state index contributed by atoms with van der Waals surface area (Å²) in [6.07, 6.45) is 1.10. The van der Waals surface area contributed by atoms with E-state index in [-0.39, 0.29) is 0 Å². The van der Waals surface area contributed by atoms with Crippen LogP contribution in [0.25, 0.3) is 0 Å². The Labute approximate surface area is 31.9 Å². The minimum Gasteiger partial charge on any atom is -0.370 e. The summed E-state index contributed by atoms with van der Waals surface area (Å²) < 4.78 is 4.92. The third-order valence-corrected chi connectivity index (χ3v) is 1.01. The molecule has 0 aliphatic carbocycles. The van der Waals surface area contributed by atoms with Crippen molar-refractivity contribution in [3.63, 3.8) is 0 Å². The van der Waals surface area contributed by atoms with E-state index in [9.17, 15) is 0 Å². The second-order valence-electron chi connectivity index (χ2n) is 1.55. The molecule has 0 aromatic heterocycles. The first kappa shape index (κ1) is 3.16. The Morgan fingerprint density at radius 1 is 1.20 bits per heavy atom. The first-order valence-electron chi connectivity index (χ1n) is 1.96. The summed E-state index contributed by atoms with van der Waals surface area (Å²) in [4.78, 5) is 0. The summed E-state index contributed by atoms with van der Waals surface area (Å²) in [5, 5.41) is 0. The average Bonchev–Trinajstić information content (AvgIpc) is 1.79. The van der Waals surface area contributed by atoms with Gasteiger partial charge in [-0.25, -0.2) is 0 Å². The topological polar surface area (TPSA) is 12.5 Å². The normalized spacial score (nSPS) is 49.2. The SMILES string of the molecule is C[C@@H]1O[C@H]1C. The van der Waals surface area contributed by atoms with E-state index < -0.39 is 0 Å². The number of hydrogen-bond acceptors (Lipinski definition) is 1. The van der Waals surface area contributed by atoms with Gasteiger partial charge in [-0.2, -0.15) is 0 Å². The predicted octanol–water partition coefficient (Wildman–Crippen LogP) is 0.794. The fourth-order valence-corrected chi connectivity index (χ4v) is 0.293. The van der Waals surface area contributed by atoms with Crippen LogP contribution in [0.2, 0.25) is 0 Å². The summed E-state index contributed by atoms with van der Waals surface area (Å²) in [6.45, 7) is 4.15. The molecule has 30 valence electrons. The molecule has 5 heavy (non-hydrogen) atoms. The molecule has 0 aromatic rings. The Hall–Kier alpha value is -0.0400. The van der Waals surface area contributed by atoms with Crippen molar-refractivity contribution < 1.29 is 4.74 Å². The van der Waals surface area contributed by atoms with Crippen LogP contribution in [-0.4, -0.2) is 12.2 Å². The molecule has 1 aliphatic heterocycles. The monoisotopic (exact) mass is 72.1 g/mol. The maximum absolute atomic E-state index is 4.92. The molecule has 0 aromatic carbocycles. The average molecular weight is 72.1 g/mol. The molecule has 0 unspecified atom stereocenters. The molecule has 0 saturated carbocycles. The molecule has 2 atom stereocenters. The molecular weight excluding hydrogens is 64.0 g/mol. The van der Waals surface area contributed by atoms with Crippen molar-refractivity contribution in [2.75, 3.05) is 0 Å². The van der Waals surface area contributed by atoms with E-state index in [0.717, 1.165) is 0 Å². The summed E-state index contributed by atoms with van der Waals surface area (Å²) in [5.74, 6) is 0. The van der Waals surface area contributed by atoms with Crippen molar-refractivity contribution in [1.82, 2.24) is 0 Å². The molecule has 1 heterocycles. The number of epoxide rings is 1. The van der Waals surface area contributed by atoms with Gasteiger partial charge < -0.3 is 4.74 Å². The zero-order chi connectivity index (χ0) is 3.86. The Morgan fingerprint density at radius 3 is 1.40 bits per heavy atom. The van der Waals surface area contributed by atoms with Gasteiger partial charge in [0.15, 0.2) is 0 Å². The zero-order valence-corrected chi connectivity index (χ0v) is 3.56. The fraction of sp³-hybridized carbons (Fsp3) is 1.00. The summed E-state index contributed by atoms with van der Waals surface area (Å²) in [5.41, 5.74) is 0. The molecule has 1 rings (SSSR count). The molecule has 0 bridgehead atoms. The van der Waals surface area contributed by atoms with Crippen LogP contribution in [0.5, 0.6) is 0 Å². The van der Waals surface area contributed by atoms with Gasteiger partial charge in [-0.3, -0.25) is 0 Å². The van der Waals surface area contributed by atoms with Crippen LogP contribution >= 0.6 is 0 Å². The van der Waals surface area contributed by atoms with E-state index in [1.807, 2.05) is 0 Å². The van der Waals surface area contributed by atoms with Gasteiger partial charge in [-0.05, 0) is 13.8 Å². The van der Waals surface area contributed by atoms with E-state index in [1.54, 1.807) is 0 Å². The van der Waals surface area contributed by atoms with Gasteiger partial charge in [0.25, 0.3) is 0 Å². The van der Waals surface area contributed by atoms with Gasteiger partial charge in [0.1, 0.15) is 0 Å². The van der Waals surface area contributed by atoms with E-state index in [1.165, 1.54) is 0 Å². The van der Waals surface area contributed by atoms with Crippen molar-refractivity contribution in [2.24, 2.45) is 0 Å². The van der Waals surface area contributed by atoms with Gasteiger partial charge in [0.05, 0.1) is 12.2 Å². The lowest BCUT2D eigenvalue weighted by molar-refractivity contribution is 0.389. The second kappa shape index (κ2) is 0.716. The molecule has 1 fully saturated rings. The number of hydrogen-bond donors (Lipinski definition) is 0. The number of rotatable bonds is 0. The van der Waals surface area contributed by atoms with Crippen LogP contribution in [0.3, 0.4) is 0 Å². The molecule has 0 radical (unpaired) electrons. The van der Waals surface area contributed by atoms with Crippen LogP contribution in [0.15, 0.2) is 0 Å². The van der Waals surface area contributed by atoms with Crippen molar-refractivity contribution in [3.8, 4) is 0 Å². The second-order valence-corrected chi connectivity index (χ2v) is 1.55. The molecule has 1 heteroatoms. The minimum atomic E-state index is 0.551. The van der Waals surface area contributed by atoms with E-state index in [0.29, 0.717) is 12.2 Å². The fourth-order valence-electron chi connectivity index (χ4n) is 0.293. The van der Waals surface area contributed by atoms with Crippen molar-refractivity contribution >= 4 is 0 Å². The third-order valence-electron chi connectivity index (χ3n) is 1.01. The van der Waals surface area contributed by atoms with Gasteiger partial charge in [-0.1, -0.05) is 0 Å². The Balaban J connectivity index is 2.20.